The smallest absolute Gasteiger partial charge is 0.323 e. The minimum atomic E-state index is -0.179. The maximum atomic E-state index is 13.7. The molecule has 2 amide bonds. The topological polar surface area (TPSA) is 153 Å². The van der Waals surface area contributed by atoms with E-state index in [0.717, 1.165) is 48.1 Å². The van der Waals surface area contributed by atoms with Gasteiger partial charge in [-0.25, -0.2) is 19.7 Å². The highest BCUT2D eigenvalue weighted by Gasteiger charge is 2.31. The molecule has 44 heavy (non-hydrogen) atoms. The number of benzene rings is 1. The minimum Gasteiger partial charge on any atom is -0.351 e. The third-order valence-electron chi connectivity index (χ3n) is 7.80. The number of nitriles is 1. The molecule has 0 radical (unpaired) electrons. The summed E-state index contributed by atoms with van der Waals surface area (Å²) in [7, 11) is 1.88. The van der Waals surface area contributed by atoms with Gasteiger partial charge in [-0.15, -0.1) is 0 Å². The Labute approximate surface area is 255 Å². The Kier molecular flexibility index (Phi) is 8.27. The van der Waals surface area contributed by atoms with E-state index >= 15 is 0 Å². The highest BCUT2D eigenvalue weighted by Crippen LogP contribution is 2.30. The molecule has 0 aliphatic heterocycles. The molecule has 12 nitrogen and oxygen atoms in total. The molecule has 0 spiro atoms. The Morgan fingerprint density at radius 2 is 1.89 bits per heavy atom. The van der Waals surface area contributed by atoms with Crippen molar-refractivity contribution in [2.45, 2.75) is 51.2 Å². The summed E-state index contributed by atoms with van der Waals surface area (Å²) in [6.45, 7) is 2.30. The second-order valence-electron chi connectivity index (χ2n) is 11.0. The number of nitrogens with one attached hydrogen (secondary N) is 3. The van der Waals surface area contributed by atoms with E-state index in [0.29, 0.717) is 35.3 Å². The molecule has 1 saturated carbocycles. The van der Waals surface area contributed by atoms with Crippen molar-refractivity contribution < 1.29 is 4.79 Å². The molecule has 1 aromatic carbocycles. The van der Waals surface area contributed by atoms with Gasteiger partial charge in [-0.2, -0.15) is 15.5 Å². The molecule has 1 aliphatic rings. The predicted octanol–water partition coefficient (Wildman–Crippen LogP) is 4.98. The number of rotatable bonds is 8. The van der Waals surface area contributed by atoms with Gasteiger partial charge in [0.15, 0.2) is 0 Å². The van der Waals surface area contributed by atoms with Gasteiger partial charge in [-0.3, -0.25) is 14.7 Å². The number of urea groups is 1. The van der Waals surface area contributed by atoms with Gasteiger partial charge in [0, 0.05) is 49.2 Å². The summed E-state index contributed by atoms with van der Waals surface area (Å²) in [6, 6.07) is 17.7. The highest BCUT2D eigenvalue weighted by molar-refractivity contribution is 5.91. The van der Waals surface area contributed by atoms with Crippen LogP contribution in [0.1, 0.15) is 42.5 Å². The molecule has 3 N–H and O–H groups in total. The lowest BCUT2D eigenvalue weighted by atomic mass is 9.90. The van der Waals surface area contributed by atoms with E-state index in [2.05, 4.69) is 42.0 Å². The van der Waals surface area contributed by atoms with Crippen LogP contribution < -0.4 is 15.5 Å². The Hall–Kier alpha value is -5.57. The second-order valence-corrected chi connectivity index (χ2v) is 11.0. The first kappa shape index (κ1) is 28.5. The van der Waals surface area contributed by atoms with Crippen molar-refractivity contribution in [1.82, 2.24) is 40.2 Å². The van der Waals surface area contributed by atoms with Crippen molar-refractivity contribution in [2.24, 2.45) is 7.05 Å². The quantitative estimate of drug-likeness (QED) is 0.230. The summed E-state index contributed by atoms with van der Waals surface area (Å²) in [5.74, 6) is 1.06. The van der Waals surface area contributed by atoms with Crippen LogP contribution in [0.3, 0.4) is 0 Å². The van der Waals surface area contributed by atoms with E-state index in [1.807, 2.05) is 68.7 Å². The first-order chi connectivity index (χ1) is 21.5. The lowest BCUT2D eigenvalue weighted by Crippen LogP contribution is -2.49. The van der Waals surface area contributed by atoms with Crippen LogP contribution in [0.25, 0.3) is 22.5 Å². The number of hydrogen-bond donors (Lipinski definition) is 3. The fraction of sp³-hybridized carbons (Fsp3) is 0.281. The molecule has 6 rings (SSSR count). The molecular formula is C32H33N11O. The SMILES string of the molecule is Cc1cc(-c2nc(NC3CCC(N(C(=O)NCc4ccccc4)c4ccc(-c5cnn(C)c5)cn4)CC3)ncc2C#N)[nH]n1. The normalized spacial score (nSPS) is 16.2. The van der Waals surface area contributed by atoms with Crippen LogP contribution in [0.15, 0.2) is 73.3 Å². The summed E-state index contributed by atoms with van der Waals surface area (Å²) >= 11 is 0. The molecule has 222 valence electrons. The molecule has 1 aliphatic carbocycles. The van der Waals surface area contributed by atoms with E-state index in [-0.39, 0.29) is 18.1 Å². The zero-order valence-electron chi connectivity index (χ0n) is 24.6. The average molecular weight is 588 g/mol. The predicted molar refractivity (Wildman–Crippen MR) is 166 cm³/mol. The summed E-state index contributed by atoms with van der Waals surface area (Å²) in [5.41, 5.74) is 5.31. The van der Waals surface area contributed by atoms with Crippen LogP contribution in [-0.2, 0) is 13.6 Å². The van der Waals surface area contributed by atoms with Gasteiger partial charge in [-0.05, 0) is 56.4 Å². The highest BCUT2D eigenvalue weighted by atomic mass is 16.2. The number of aromatic nitrogens is 7. The summed E-state index contributed by atoms with van der Waals surface area (Å²) in [4.78, 5) is 29.2. The number of anilines is 2. The molecule has 1 fully saturated rings. The Morgan fingerprint density at radius 3 is 2.55 bits per heavy atom. The van der Waals surface area contributed by atoms with E-state index in [1.54, 1.807) is 22.0 Å². The van der Waals surface area contributed by atoms with E-state index in [4.69, 9.17) is 4.98 Å². The van der Waals surface area contributed by atoms with Gasteiger partial charge in [-0.1, -0.05) is 30.3 Å². The molecule has 0 unspecified atom stereocenters. The van der Waals surface area contributed by atoms with E-state index < -0.39 is 0 Å². The third kappa shape index (κ3) is 6.42. The number of aromatic amines is 1. The molecule has 0 atom stereocenters. The first-order valence-corrected chi connectivity index (χ1v) is 14.6. The fourth-order valence-corrected chi connectivity index (χ4v) is 5.53. The maximum Gasteiger partial charge on any atom is 0.323 e. The molecule has 0 bridgehead atoms. The largest absolute Gasteiger partial charge is 0.351 e. The van der Waals surface area contributed by atoms with Crippen molar-refractivity contribution in [3.8, 4) is 28.6 Å². The number of hydrogen-bond acceptors (Lipinski definition) is 8. The van der Waals surface area contributed by atoms with Gasteiger partial charge in [0.25, 0.3) is 0 Å². The lowest BCUT2D eigenvalue weighted by molar-refractivity contribution is 0.240. The monoisotopic (exact) mass is 587 g/mol. The van der Waals surface area contributed by atoms with Gasteiger partial charge in [0.1, 0.15) is 17.6 Å². The van der Waals surface area contributed by atoms with Crippen LogP contribution in [0.4, 0.5) is 16.6 Å². The van der Waals surface area contributed by atoms with Crippen molar-refractivity contribution >= 4 is 17.8 Å². The molecule has 4 heterocycles. The number of carbonyl (C=O) groups is 1. The van der Waals surface area contributed by atoms with E-state index in [9.17, 15) is 10.1 Å². The number of nitrogens with zero attached hydrogens (tertiary/aromatic N) is 8. The zero-order valence-corrected chi connectivity index (χ0v) is 24.6. The molecule has 4 aromatic heterocycles. The third-order valence-corrected chi connectivity index (χ3v) is 7.80. The summed E-state index contributed by atoms with van der Waals surface area (Å²) in [5, 5.41) is 27.5. The van der Waals surface area contributed by atoms with Crippen LogP contribution in [0.2, 0.25) is 0 Å². The summed E-state index contributed by atoms with van der Waals surface area (Å²) < 4.78 is 1.75. The van der Waals surface area contributed by atoms with Crippen molar-refractivity contribution in [2.75, 3.05) is 10.2 Å². The van der Waals surface area contributed by atoms with E-state index in [1.165, 1.54) is 6.20 Å². The zero-order chi connectivity index (χ0) is 30.5. The standard InChI is InChI=1S/C32H33N11O/c1-21-14-28(41-40-21)30-24(15-33)18-35-31(39-30)38-26-9-11-27(12-10-26)43(32(44)36-16-22-6-4-3-5-7-22)29-13-8-23(17-34-29)25-19-37-42(2)20-25/h3-8,13-14,17-20,26-27H,9-12,16H2,1-2H3,(H,36,44)(H,40,41)(H,35,38,39). The van der Waals surface area contributed by atoms with Crippen molar-refractivity contribution in [3.63, 3.8) is 0 Å². The maximum absolute atomic E-state index is 13.7. The first-order valence-electron chi connectivity index (χ1n) is 14.6. The second kappa shape index (κ2) is 12.7. The van der Waals surface area contributed by atoms with Crippen molar-refractivity contribution in [3.05, 3.63) is 90.1 Å². The average Bonchev–Trinajstić information content (AvgIpc) is 3.70. The van der Waals surface area contributed by atoms with Gasteiger partial charge in [0.2, 0.25) is 5.95 Å². The van der Waals surface area contributed by atoms with Crippen LogP contribution in [0.5, 0.6) is 0 Å². The van der Waals surface area contributed by atoms with Crippen LogP contribution in [-0.4, -0.2) is 53.0 Å². The minimum absolute atomic E-state index is 0.0361. The number of aryl methyl sites for hydroxylation is 2. The van der Waals surface area contributed by atoms with Gasteiger partial charge >= 0.3 is 6.03 Å². The number of amides is 2. The van der Waals surface area contributed by atoms with Gasteiger partial charge < -0.3 is 10.6 Å². The summed E-state index contributed by atoms with van der Waals surface area (Å²) in [6.07, 6.45) is 10.2. The number of pyridine rings is 1. The van der Waals surface area contributed by atoms with Crippen molar-refractivity contribution in [1.29, 1.82) is 5.26 Å². The van der Waals surface area contributed by atoms with Crippen LogP contribution >= 0.6 is 0 Å². The molecule has 5 aromatic rings. The molecule has 12 heteroatoms. The Balaban J connectivity index is 1.17. The fourth-order valence-electron chi connectivity index (χ4n) is 5.53. The Morgan fingerprint density at radius 1 is 1.07 bits per heavy atom. The van der Waals surface area contributed by atoms with Gasteiger partial charge in [0.05, 0.1) is 29.3 Å². The molecular weight excluding hydrogens is 554 g/mol. The molecule has 0 saturated heterocycles. The number of H-pyrrole nitrogens is 1. The number of carbonyl (C=O) groups excluding carboxylic acids is 1. The lowest BCUT2D eigenvalue weighted by Gasteiger charge is -2.36. The van der Waals surface area contributed by atoms with Crippen LogP contribution in [0, 0.1) is 18.3 Å². The Bertz CT molecular complexity index is 1760.